The van der Waals surface area contributed by atoms with Gasteiger partial charge in [-0.05, 0) is 30.7 Å². The van der Waals surface area contributed by atoms with Gasteiger partial charge in [0.15, 0.2) is 5.76 Å². The number of hydrogen-bond donors (Lipinski definition) is 0. The maximum Gasteiger partial charge on any atom is 0.221 e. The SMILES string of the molecule is COc1nc2c(cc1-c1ccc(Cl)cc1)C=NCc1onc(C)c1-2. The molecule has 3 aromatic rings. The zero-order valence-electron chi connectivity index (χ0n) is 13.2. The lowest BCUT2D eigenvalue weighted by atomic mass is 10.0. The number of halogens is 1. The molecule has 0 amide bonds. The van der Waals surface area contributed by atoms with Gasteiger partial charge in [-0.15, -0.1) is 0 Å². The van der Waals surface area contributed by atoms with E-state index in [1.807, 2.05) is 43.5 Å². The minimum absolute atomic E-state index is 0.450. The molecule has 1 aliphatic heterocycles. The van der Waals surface area contributed by atoms with E-state index in [1.54, 1.807) is 7.11 Å². The van der Waals surface area contributed by atoms with E-state index in [0.29, 0.717) is 17.4 Å². The molecule has 5 nitrogen and oxygen atoms in total. The number of pyridine rings is 1. The van der Waals surface area contributed by atoms with Crippen LogP contribution in [0.15, 0.2) is 39.8 Å². The molecule has 6 heteroatoms. The second kappa shape index (κ2) is 5.76. The Balaban J connectivity index is 1.96. The van der Waals surface area contributed by atoms with E-state index in [9.17, 15) is 0 Å². The smallest absolute Gasteiger partial charge is 0.221 e. The van der Waals surface area contributed by atoms with Gasteiger partial charge < -0.3 is 9.26 Å². The Hall–Kier alpha value is -2.66. The van der Waals surface area contributed by atoms with Crippen LogP contribution in [0.25, 0.3) is 22.4 Å². The summed E-state index contributed by atoms with van der Waals surface area (Å²) in [6.45, 7) is 2.35. The van der Waals surface area contributed by atoms with Crippen molar-refractivity contribution in [3.05, 3.63) is 52.4 Å². The molecule has 1 aliphatic rings. The summed E-state index contributed by atoms with van der Waals surface area (Å²) >= 11 is 5.99. The molecule has 24 heavy (non-hydrogen) atoms. The average Bonchev–Trinajstić information content (AvgIpc) is 2.86. The van der Waals surface area contributed by atoms with Gasteiger partial charge in [0, 0.05) is 22.4 Å². The van der Waals surface area contributed by atoms with Gasteiger partial charge in [0.05, 0.1) is 24.1 Å². The fourth-order valence-corrected chi connectivity index (χ4v) is 2.98. The molecule has 0 bridgehead atoms. The maximum absolute atomic E-state index is 5.99. The van der Waals surface area contributed by atoms with Crippen molar-refractivity contribution in [3.63, 3.8) is 0 Å². The molecule has 0 radical (unpaired) electrons. The third-order valence-electron chi connectivity index (χ3n) is 4.00. The van der Waals surface area contributed by atoms with Crippen molar-refractivity contribution in [2.75, 3.05) is 7.11 Å². The van der Waals surface area contributed by atoms with E-state index >= 15 is 0 Å². The highest BCUT2D eigenvalue weighted by Crippen LogP contribution is 2.37. The highest BCUT2D eigenvalue weighted by molar-refractivity contribution is 6.30. The van der Waals surface area contributed by atoms with Gasteiger partial charge in [-0.1, -0.05) is 28.9 Å². The molecular weight excluding hydrogens is 326 g/mol. The molecule has 0 aliphatic carbocycles. The van der Waals surface area contributed by atoms with Crippen LogP contribution in [0.3, 0.4) is 0 Å². The fourth-order valence-electron chi connectivity index (χ4n) is 2.86. The second-order valence-electron chi connectivity index (χ2n) is 5.53. The first-order valence-corrected chi connectivity index (χ1v) is 7.85. The highest BCUT2D eigenvalue weighted by atomic mass is 35.5. The van der Waals surface area contributed by atoms with Gasteiger partial charge in [-0.2, -0.15) is 0 Å². The van der Waals surface area contributed by atoms with Crippen molar-refractivity contribution in [1.82, 2.24) is 10.1 Å². The monoisotopic (exact) mass is 339 g/mol. The summed E-state index contributed by atoms with van der Waals surface area (Å²) in [7, 11) is 1.61. The number of nitrogens with zero attached hydrogens (tertiary/aromatic N) is 3. The van der Waals surface area contributed by atoms with Crippen LogP contribution in [0, 0.1) is 6.92 Å². The van der Waals surface area contributed by atoms with E-state index in [2.05, 4.69) is 10.1 Å². The van der Waals surface area contributed by atoms with Crippen LogP contribution in [-0.4, -0.2) is 23.5 Å². The van der Waals surface area contributed by atoms with Crippen molar-refractivity contribution in [2.45, 2.75) is 13.5 Å². The molecular formula is C18H14ClN3O2. The minimum atomic E-state index is 0.450. The zero-order valence-corrected chi connectivity index (χ0v) is 14.0. The Morgan fingerprint density at radius 3 is 2.75 bits per heavy atom. The summed E-state index contributed by atoms with van der Waals surface area (Å²) in [6, 6.07) is 9.60. The number of fused-ring (bicyclic) bond motifs is 3. The van der Waals surface area contributed by atoms with Crippen LogP contribution in [0.2, 0.25) is 5.02 Å². The maximum atomic E-state index is 5.99. The molecule has 0 atom stereocenters. The minimum Gasteiger partial charge on any atom is -0.481 e. The molecule has 4 rings (SSSR count). The number of benzene rings is 1. The molecule has 0 fully saturated rings. The van der Waals surface area contributed by atoms with Crippen molar-refractivity contribution < 1.29 is 9.26 Å². The zero-order chi connectivity index (χ0) is 16.7. The third-order valence-corrected chi connectivity index (χ3v) is 4.25. The van der Waals surface area contributed by atoms with Gasteiger partial charge in [-0.3, -0.25) is 4.99 Å². The predicted molar refractivity (Wildman–Crippen MR) is 92.8 cm³/mol. The number of hydrogen-bond acceptors (Lipinski definition) is 5. The molecule has 120 valence electrons. The van der Waals surface area contributed by atoms with Crippen LogP contribution in [0.5, 0.6) is 5.88 Å². The van der Waals surface area contributed by atoms with Crippen molar-refractivity contribution in [3.8, 4) is 28.3 Å². The standard InChI is InChI=1S/C18H14ClN3O2/c1-10-16-15(24-22-10)9-20-8-12-7-14(18(23-2)21-17(12)16)11-3-5-13(19)6-4-11/h3-8H,9H2,1-2H3. The highest BCUT2D eigenvalue weighted by Gasteiger charge is 2.23. The van der Waals surface area contributed by atoms with Crippen molar-refractivity contribution >= 4 is 17.8 Å². The lowest BCUT2D eigenvalue weighted by molar-refractivity contribution is 0.382. The van der Waals surface area contributed by atoms with Gasteiger partial charge in [0.25, 0.3) is 0 Å². The molecule has 0 saturated heterocycles. The largest absolute Gasteiger partial charge is 0.481 e. The molecule has 0 unspecified atom stereocenters. The summed E-state index contributed by atoms with van der Waals surface area (Å²) in [6.07, 6.45) is 1.82. The first-order chi connectivity index (χ1) is 11.7. The van der Waals surface area contributed by atoms with Crippen LogP contribution in [-0.2, 0) is 6.54 Å². The van der Waals surface area contributed by atoms with Gasteiger partial charge in [-0.25, -0.2) is 4.98 Å². The Kier molecular flexibility index (Phi) is 3.58. The number of aromatic nitrogens is 2. The number of ether oxygens (including phenoxy) is 1. The Morgan fingerprint density at radius 1 is 1.21 bits per heavy atom. The Morgan fingerprint density at radius 2 is 2.00 bits per heavy atom. The van der Waals surface area contributed by atoms with E-state index in [4.69, 9.17) is 25.8 Å². The average molecular weight is 340 g/mol. The summed E-state index contributed by atoms with van der Waals surface area (Å²) in [5.41, 5.74) is 5.24. The van der Waals surface area contributed by atoms with Crippen molar-refractivity contribution in [1.29, 1.82) is 0 Å². The molecule has 3 heterocycles. The van der Waals surface area contributed by atoms with Crippen LogP contribution in [0.4, 0.5) is 0 Å². The van der Waals surface area contributed by atoms with Crippen molar-refractivity contribution in [2.24, 2.45) is 4.99 Å². The third kappa shape index (κ3) is 2.37. The summed E-state index contributed by atoms with van der Waals surface area (Å²) in [4.78, 5) is 9.13. The summed E-state index contributed by atoms with van der Waals surface area (Å²) in [5.74, 6) is 1.26. The second-order valence-corrected chi connectivity index (χ2v) is 5.96. The normalized spacial score (nSPS) is 12.5. The van der Waals surface area contributed by atoms with Gasteiger partial charge in [0.2, 0.25) is 5.88 Å². The lowest BCUT2D eigenvalue weighted by Gasteiger charge is -2.12. The Bertz CT molecular complexity index is 946. The van der Waals surface area contributed by atoms with Crippen LogP contribution >= 0.6 is 11.6 Å². The Labute approximate surface area is 143 Å². The summed E-state index contributed by atoms with van der Waals surface area (Å²) in [5, 5.41) is 4.73. The molecule has 1 aromatic carbocycles. The molecule has 2 aromatic heterocycles. The van der Waals surface area contributed by atoms with Crippen LogP contribution in [0.1, 0.15) is 17.0 Å². The van der Waals surface area contributed by atoms with E-state index < -0.39 is 0 Å². The first-order valence-electron chi connectivity index (χ1n) is 7.47. The van der Waals surface area contributed by atoms with E-state index in [0.717, 1.165) is 39.4 Å². The topological polar surface area (TPSA) is 60.5 Å². The lowest BCUT2D eigenvalue weighted by Crippen LogP contribution is -1.99. The summed E-state index contributed by atoms with van der Waals surface area (Å²) < 4.78 is 10.9. The predicted octanol–water partition coefficient (Wildman–Crippen LogP) is 4.31. The van der Waals surface area contributed by atoms with Gasteiger partial charge >= 0.3 is 0 Å². The molecule has 0 spiro atoms. The van der Waals surface area contributed by atoms with E-state index in [-0.39, 0.29) is 0 Å². The van der Waals surface area contributed by atoms with E-state index in [1.165, 1.54) is 0 Å². The fraction of sp³-hybridized carbons (Fsp3) is 0.167. The quantitative estimate of drug-likeness (QED) is 0.698. The molecule has 0 saturated carbocycles. The first kappa shape index (κ1) is 14.9. The molecule has 0 N–H and O–H groups in total. The number of methoxy groups -OCH3 is 1. The van der Waals surface area contributed by atoms with Crippen LogP contribution < -0.4 is 4.74 Å². The number of aryl methyl sites for hydroxylation is 1. The van der Waals surface area contributed by atoms with Gasteiger partial charge in [0.1, 0.15) is 6.54 Å². The number of aliphatic imine (C=N–C) groups is 1. The number of rotatable bonds is 2.